The van der Waals surface area contributed by atoms with Gasteiger partial charge in [-0.05, 0) is 37.9 Å². The second kappa shape index (κ2) is 5.88. The molecule has 2 aromatic rings. The lowest BCUT2D eigenvalue weighted by Gasteiger charge is -2.22. The van der Waals surface area contributed by atoms with E-state index in [1.165, 1.54) is 0 Å². The van der Waals surface area contributed by atoms with Gasteiger partial charge in [-0.2, -0.15) is 5.26 Å². The van der Waals surface area contributed by atoms with Crippen LogP contribution in [0.2, 0.25) is 0 Å². The summed E-state index contributed by atoms with van der Waals surface area (Å²) in [5, 5.41) is 19.4. The molecule has 0 aliphatic heterocycles. The molecule has 0 saturated heterocycles. The number of pyridine rings is 1. The lowest BCUT2D eigenvalue weighted by atomic mass is 10.1. The molecule has 110 valence electrons. The predicted molar refractivity (Wildman–Crippen MR) is 81.8 cm³/mol. The van der Waals surface area contributed by atoms with Crippen molar-refractivity contribution in [1.29, 1.82) is 5.26 Å². The fraction of sp³-hybridized carbons (Fsp3) is 0.471. The summed E-state index contributed by atoms with van der Waals surface area (Å²) in [6.07, 6.45) is 7.01. The first-order chi connectivity index (χ1) is 10.2. The van der Waals surface area contributed by atoms with Crippen molar-refractivity contribution in [3.05, 3.63) is 41.7 Å². The molecule has 1 fully saturated rings. The third kappa shape index (κ3) is 2.80. The van der Waals surface area contributed by atoms with Crippen LogP contribution in [0.15, 0.2) is 30.6 Å². The van der Waals surface area contributed by atoms with Crippen LogP contribution in [0.4, 0.5) is 0 Å². The normalized spacial score (nSPS) is 22.0. The van der Waals surface area contributed by atoms with E-state index in [2.05, 4.69) is 18.0 Å². The highest BCUT2D eigenvalue weighted by atomic mass is 16.3. The zero-order chi connectivity index (χ0) is 14.8. The monoisotopic (exact) mass is 283 g/mol. The zero-order valence-electron chi connectivity index (χ0n) is 12.4. The molecule has 1 aliphatic rings. The van der Waals surface area contributed by atoms with Gasteiger partial charge in [0.15, 0.2) is 0 Å². The summed E-state index contributed by atoms with van der Waals surface area (Å²) >= 11 is 0. The van der Waals surface area contributed by atoms with Crippen molar-refractivity contribution in [2.24, 2.45) is 5.92 Å². The Morgan fingerprint density at radius 2 is 2.29 bits per heavy atom. The molecule has 21 heavy (non-hydrogen) atoms. The van der Waals surface area contributed by atoms with Crippen LogP contribution in [0.25, 0.3) is 5.52 Å². The molecule has 0 radical (unpaired) electrons. The molecule has 0 amide bonds. The molecule has 0 spiro atoms. The number of nitriles is 1. The average Bonchev–Trinajstić information content (AvgIpc) is 3.02. The number of aliphatic hydroxyl groups is 1. The van der Waals surface area contributed by atoms with Crippen molar-refractivity contribution in [1.82, 2.24) is 9.30 Å². The maximum atomic E-state index is 9.94. The number of aromatic nitrogens is 1. The fourth-order valence-electron chi connectivity index (χ4n) is 3.41. The van der Waals surface area contributed by atoms with Crippen LogP contribution in [0.1, 0.15) is 30.4 Å². The van der Waals surface area contributed by atoms with E-state index >= 15 is 0 Å². The van der Waals surface area contributed by atoms with Gasteiger partial charge in [0.2, 0.25) is 0 Å². The van der Waals surface area contributed by atoms with E-state index in [9.17, 15) is 10.4 Å². The van der Waals surface area contributed by atoms with Crippen LogP contribution in [-0.2, 0) is 6.54 Å². The molecular formula is C17H21N3O. The Labute approximate surface area is 125 Å². The van der Waals surface area contributed by atoms with Gasteiger partial charge in [0, 0.05) is 31.0 Å². The Balaban J connectivity index is 1.76. The molecule has 2 aromatic heterocycles. The summed E-state index contributed by atoms with van der Waals surface area (Å²) in [5.74, 6) is 0.373. The van der Waals surface area contributed by atoms with Crippen molar-refractivity contribution < 1.29 is 5.11 Å². The standard InChI is InChI=1S/C17H21N3O/c1-19(10-13-5-4-7-17(13)21)11-14-12-20-8-3-2-6-16(20)15(14)9-18/h2-3,6,8,12-13,17,21H,4-5,7,10-11H2,1H3. The van der Waals surface area contributed by atoms with Crippen LogP contribution in [-0.4, -0.2) is 34.1 Å². The van der Waals surface area contributed by atoms with Gasteiger partial charge in [0.1, 0.15) is 6.07 Å². The first-order valence-electron chi connectivity index (χ1n) is 7.54. The summed E-state index contributed by atoms with van der Waals surface area (Å²) in [6.45, 7) is 1.63. The van der Waals surface area contributed by atoms with Gasteiger partial charge in [-0.15, -0.1) is 0 Å². The third-order valence-electron chi connectivity index (χ3n) is 4.48. The van der Waals surface area contributed by atoms with Crippen LogP contribution >= 0.6 is 0 Å². The molecule has 4 heteroatoms. The lowest BCUT2D eigenvalue weighted by Crippen LogP contribution is -2.29. The highest BCUT2D eigenvalue weighted by molar-refractivity contribution is 5.65. The Kier molecular flexibility index (Phi) is 3.96. The van der Waals surface area contributed by atoms with Gasteiger partial charge in [-0.25, -0.2) is 0 Å². The molecule has 0 bridgehead atoms. The quantitative estimate of drug-likeness (QED) is 0.937. The smallest absolute Gasteiger partial charge is 0.102 e. The predicted octanol–water partition coefficient (Wildman–Crippen LogP) is 2.40. The molecule has 1 aliphatic carbocycles. The lowest BCUT2D eigenvalue weighted by molar-refractivity contribution is 0.108. The van der Waals surface area contributed by atoms with Gasteiger partial charge < -0.3 is 14.4 Å². The molecular weight excluding hydrogens is 262 g/mol. The fourth-order valence-corrected chi connectivity index (χ4v) is 3.41. The number of hydrogen-bond acceptors (Lipinski definition) is 3. The van der Waals surface area contributed by atoms with Gasteiger partial charge in [0.05, 0.1) is 17.2 Å². The second-order valence-corrected chi connectivity index (χ2v) is 6.09. The van der Waals surface area contributed by atoms with Gasteiger partial charge in [-0.3, -0.25) is 0 Å². The Morgan fingerprint density at radius 1 is 1.43 bits per heavy atom. The van der Waals surface area contributed by atoms with Crippen molar-refractivity contribution >= 4 is 5.52 Å². The maximum Gasteiger partial charge on any atom is 0.102 e. The van der Waals surface area contributed by atoms with E-state index < -0.39 is 0 Å². The summed E-state index contributed by atoms with van der Waals surface area (Å²) in [6, 6.07) is 8.23. The molecule has 2 unspecified atom stereocenters. The second-order valence-electron chi connectivity index (χ2n) is 6.09. The summed E-state index contributed by atoms with van der Waals surface area (Å²) in [4.78, 5) is 2.22. The van der Waals surface area contributed by atoms with E-state index in [1.807, 2.05) is 35.0 Å². The first-order valence-corrected chi connectivity index (χ1v) is 7.54. The van der Waals surface area contributed by atoms with Crippen molar-refractivity contribution in [3.63, 3.8) is 0 Å². The maximum absolute atomic E-state index is 9.94. The summed E-state index contributed by atoms with van der Waals surface area (Å²) in [7, 11) is 2.06. The summed E-state index contributed by atoms with van der Waals surface area (Å²) in [5.41, 5.74) is 2.78. The SMILES string of the molecule is CN(Cc1cn2ccccc2c1C#N)CC1CCCC1O. The third-order valence-corrected chi connectivity index (χ3v) is 4.48. The van der Waals surface area contributed by atoms with Crippen molar-refractivity contribution in [2.75, 3.05) is 13.6 Å². The minimum Gasteiger partial charge on any atom is -0.393 e. The number of rotatable bonds is 4. The number of hydrogen-bond donors (Lipinski definition) is 1. The minimum absolute atomic E-state index is 0.156. The van der Waals surface area contributed by atoms with Crippen LogP contribution < -0.4 is 0 Å². The van der Waals surface area contributed by atoms with E-state index in [-0.39, 0.29) is 6.10 Å². The minimum atomic E-state index is -0.156. The Bertz CT molecular complexity index is 670. The first kappa shape index (κ1) is 14.1. The van der Waals surface area contributed by atoms with Crippen molar-refractivity contribution in [2.45, 2.75) is 31.9 Å². The average molecular weight is 283 g/mol. The molecule has 1 saturated carbocycles. The molecule has 0 aromatic carbocycles. The van der Waals surface area contributed by atoms with E-state index in [1.54, 1.807) is 0 Å². The van der Waals surface area contributed by atoms with Gasteiger partial charge >= 0.3 is 0 Å². The van der Waals surface area contributed by atoms with Gasteiger partial charge in [-0.1, -0.05) is 12.5 Å². The molecule has 1 N–H and O–H groups in total. The molecule has 2 atom stereocenters. The Morgan fingerprint density at radius 3 is 3.00 bits per heavy atom. The number of fused-ring (bicyclic) bond motifs is 1. The van der Waals surface area contributed by atoms with Crippen molar-refractivity contribution in [3.8, 4) is 6.07 Å². The summed E-state index contributed by atoms with van der Waals surface area (Å²) < 4.78 is 2.01. The highest BCUT2D eigenvalue weighted by Gasteiger charge is 2.26. The Hall–Kier alpha value is -1.83. The number of aliphatic hydroxyl groups excluding tert-OH is 1. The van der Waals surface area contributed by atoms with E-state index in [0.29, 0.717) is 5.92 Å². The molecule has 4 nitrogen and oxygen atoms in total. The van der Waals surface area contributed by atoms with E-state index in [0.717, 1.165) is 49.0 Å². The van der Waals surface area contributed by atoms with Crippen LogP contribution in [0.5, 0.6) is 0 Å². The molecule has 3 rings (SSSR count). The topological polar surface area (TPSA) is 51.7 Å². The van der Waals surface area contributed by atoms with E-state index in [4.69, 9.17) is 0 Å². The van der Waals surface area contributed by atoms with Gasteiger partial charge in [0.25, 0.3) is 0 Å². The van der Waals surface area contributed by atoms with Crippen LogP contribution in [0, 0.1) is 17.2 Å². The zero-order valence-corrected chi connectivity index (χ0v) is 12.4. The van der Waals surface area contributed by atoms with Crippen LogP contribution in [0.3, 0.4) is 0 Å². The molecule has 2 heterocycles. The highest BCUT2D eigenvalue weighted by Crippen LogP contribution is 2.27. The largest absolute Gasteiger partial charge is 0.393 e. The number of nitrogens with zero attached hydrogens (tertiary/aromatic N) is 3.